The SMILES string of the molecule is CC(=O)C=C(C)C1CCCCC1. The lowest BCUT2D eigenvalue weighted by Crippen LogP contribution is -2.08. The Labute approximate surface area is 74.9 Å². The zero-order chi connectivity index (χ0) is 8.97. The average molecular weight is 166 g/mol. The highest BCUT2D eigenvalue weighted by atomic mass is 16.1. The summed E-state index contributed by atoms with van der Waals surface area (Å²) < 4.78 is 0. The van der Waals surface area contributed by atoms with Gasteiger partial charge >= 0.3 is 0 Å². The third-order valence-electron chi connectivity index (χ3n) is 2.68. The Morgan fingerprint density at radius 1 is 1.17 bits per heavy atom. The summed E-state index contributed by atoms with van der Waals surface area (Å²) in [5.41, 5.74) is 1.29. The molecule has 0 aromatic rings. The van der Waals surface area contributed by atoms with Crippen LogP contribution in [0.25, 0.3) is 0 Å². The molecule has 0 spiro atoms. The summed E-state index contributed by atoms with van der Waals surface area (Å²) in [5.74, 6) is 0.890. The van der Waals surface area contributed by atoms with Gasteiger partial charge in [-0.3, -0.25) is 4.79 Å². The van der Waals surface area contributed by atoms with Gasteiger partial charge in [-0.25, -0.2) is 0 Å². The predicted octanol–water partition coefficient (Wildman–Crippen LogP) is 3.10. The fourth-order valence-corrected chi connectivity index (χ4v) is 2.00. The molecule has 1 nitrogen and oxygen atoms in total. The molecule has 0 saturated heterocycles. The van der Waals surface area contributed by atoms with Gasteiger partial charge in [-0.1, -0.05) is 24.8 Å². The van der Waals surface area contributed by atoms with Crippen molar-refractivity contribution < 1.29 is 4.79 Å². The van der Waals surface area contributed by atoms with Crippen molar-refractivity contribution in [3.8, 4) is 0 Å². The van der Waals surface area contributed by atoms with Gasteiger partial charge in [-0.05, 0) is 38.7 Å². The normalized spacial score (nSPS) is 21.0. The van der Waals surface area contributed by atoms with Gasteiger partial charge in [0.25, 0.3) is 0 Å². The van der Waals surface area contributed by atoms with Gasteiger partial charge in [0.05, 0.1) is 0 Å². The zero-order valence-corrected chi connectivity index (χ0v) is 8.10. The highest BCUT2D eigenvalue weighted by Gasteiger charge is 2.14. The van der Waals surface area contributed by atoms with Crippen molar-refractivity contribution in [3.63, 3.8) is 0 Å². The molecule has 1 aliphatic rings. The fraction of sp³-hybridized carbons (Fsp3) is 0.727. The smallest absolute Gasteiger partial charge is 0.152 e. The topological polar surface area (TPSA) is 17.1 Å². The van der Waals surface area contributed by atoms with Crippen LogP contribution in [0.3, 0.4) is 0 Å². The predicted molar refractivity (Wildman–Crippen MR) is 51.0 cm³/mol. The van der Waals surface area contributed by atoms with Crippen molar-refractivity contribution in [2.24, 2.45) is 5.92 Å². The number of carbonyl (C=O) groups is 1. The second-order valence-electron chi connectivity index (χ2n) is 3.83. The summed E-state index contributed by atoms with van der Waals surface area (Å²) in [4.78, 5) is 10.8. The molecule has 1 rings (SSSR count). The number of rotatable bonds is 2. The Balaban J connectivity index is 2.49. The number of carbonyl (C=O) groups excluding carboxylic acids is 1. The second-order valence-corrected chi connectivity index (χ2v) is 3.83. The fourth-order valence-electron chi connectivity index (χ4n) is 2.00. The average Bonchev–Trinajstić information content (AvgIpc) is 2.05. The number of ketones is 1. The maximum absolute atomic E-state index is 10.8. The van der Waals surface area contributed by atoms with E-state index in [1.165, 1.54) is 37.7 Å². The molecule has 68 valence electrons. The number of hydrogen-bond acceptors (Lipinski definition) is 1. The quantitative estimate of drug-likeness (QED) is 0.576. The van der Waals surface area contributed by atoms with Crippen LogP contribution < -0.4 is 0 Å². The van der Waals surface area contributed by atoms with Crippen LogP contribution in [0.4, 0.5) is 0 Å². The Morgan fingerprint density at radius 3 is 2.25 bits per heavy atom. The molecule has 0 aromatic heterocycles. The first-order chi connectivity index (χ1) is 5.70. The van der Waals surface area contributed by atoms with Crippen LogP contribution in [0, 0.1) is 5.92 Å². The molecule has 12 heavy (non-hydrogen) atoms. The molecular weight excluding hydrogens is 148 g/mol. The molecule has 0 unspecified atom stereocenters. The summed E-state index contributed by atoms with van der Waals surface area (Å²) >= 11 is 0. The molecule has 0 radical (unpaired) electrons. The molecule has 1 fully saturated rings. The van der Waals surface area contributed by atoms with Crippen LogP contribution in [-0.4, -0.2) is 5.78 Å². The maximum atomic E-state index is 10.8. The van der Waals surface area contributed by atoms with E-state index >= 15 is 0 Å². The van der Waals surface area contributed by atoms with Gasteiger partial charge in [0.1, 0.15) is 0 Å². The first-order valence-corrected chi connectivity index (χ1v) is 4.89. The Morgan fingerprint density at radius 2 is 1.75 bits per heavy atom. The van der Waals surface area contributed by atoms with Gasteiger partial charge in [0.15, 0.2) is 5.78 Å². The third kappa shape index (κ3) is 2.80. The van der Waals surface area contributed by atoms with Gasteiger partial charge in [-0.15, -0.1) is 0 Å². The van der Waals surface area contributed by atoms with E-state index in [4.69, 9.17) is 0 Å². The Bertz CT molecular complexity index is 185. The van der Waals surface area contributed by atoms with Crippen molar-refractivity contribution in [1.82, 2.24) is 0 Å². The lowest BCUT2D eigenvalue weighted by atomic mass is 9.84. The minimum atomic E-state index is 0.193. The van der Waals surface area contributed by atoms with Crippen LogP contribution in [0.5, 0.6) is 0 Å². The summed E-state index contributed by atoms with van der Waals surface area (Å²) in [7, 11) is 0. The molecule has 0 atom stereocenters. The van der Waals surface area contributed by atoms with Gasteiger partial charge in [0.2, 0.25) is 0 Å². The summed E-state index contributed by atoms with van der Waals surface area (Å²) in [6, 6.07) is 0. The largest absolute Gasteiger partial charge is 0.295 e. The molecule has 0 amide bonds. The molecule has 1 saturated carbocycles. The molecule has 0 N–H and O–H groups in total. The summed E-state index contributed by atoms with van der Waals surface area (Å²) in [5, 5.41) is 0. The van der Waals surface area contributed by atoms with Gasteiger partial charge in [0, 0.05) is 0 Å². The zero-order valence-electron chi connectivity index (χ0n) is 8.10. The van der Waals surface area contributed by atoms with Crippen LogP contribution in [0.2, 0.25) is 0 Å². The van der Waals surface area contributed by atoms with E-state index < -0.39 is 0 Å². The van der Waals surface area contributed by atoms with Crippen molar-refractivity contribution >= 4 is 5.78 Å². The lowest BCUT2D eigenvalue weighted by Gasteiger charge is -2.21. The molecule has 1 heteroatoms. The summed E-state index contributed by atoms with van der Waals surface area (Å²) in [6.45, 7) is 3.73. The Hall–Kier alpha value is -0.590. The standard InChI is InChI=1S/C11H18O/c1-9(8-10(2)12)11-6-4-3-5-7-11/h8,11H,3-7H2,1-2H3. The molecule has 0 bridgehead atoms. The highest BCUT2D eigenvalue weighted by Crippen LogP contribution is 2.29. The minimum Gasteiger partial charge on any atom is -0.295 e. The monoisotopic (exact) mass is 166 g/mol. The van der Waals surface area contributed by atoms with Crippen molar-refractivity contribution in [1.29, 1.82) is 0 Å². The number of allylic oxidation sites excluding steroid dienone is 2. The summed E-state index contributed by atoms with van der Waals surface area (Å²) in [6.07, 6.45) is 8.44. The first kappa shape index (κ1) is 9.50. The van der Waals surface area contributed by atoms with Crippen LogP contribution >= 0.6 is 0 Å². The minimum absolute atomic E-state index is 0.193. The molecule has 0 heterocycles. The van der Waals surface area contributed by atoms with Gasteiger partial charge < -0.3 is 0 Å². The van der Waals surface area contributed by atoms with Crippen LogP contribution in [-0.2, 0) is 4.79 Å². The van der Waals surface area contributed by atoms with Crippen molar-refractivity contribution in [3.05, 3.63) is 11.6 Å². The van der Waals surface area contributed by atoms with E-state index in [1.807, 2.05) is 0 Å². The number of hydrogen-bond donors (Lipinski definition) is 0. The molecule has 1 aliphatic carbocycles. The van der Waals surface area contributed by atoms with E-state index in [1.54, 1.807) is 13.0 Å². The van der Waals surface area contributed by atoms with Crippen LogP contribution in [0.1, 0.15) is 46.0 Å². The van der Waals surface area contributed by atoms with E-state index in [0.717, 1.165) is 0 Å². The molecular formula is C11H18O. The van der Waals surface area contributed by atoms with Gasteiger partial charge in [-0.2, -0.15) is 0 Å². The molecule has 0 aliphatic heterocycles. The van der Waals surface area contributed by atoms with E-state index in [-0.39, 0.29) is 5.78 Å². The van der Waals surface area contributed by atoms with E-state index in [9.17, 15) is 4.79 Å². The van der Waals surface area contributed by atoms with E-state index in [0.29, 0.717) is 5.92 Å². The van der Waals surface area contributed by atoms with Crippen LogP contribution in [0.15, 0.2) is 11.6 Å². The van der Waals surface area contributed by atoms with E-state index in [2.05, 4.69) is 6.92 Å². The van der Waals surface area contributed by atoms with Crippen molar-refractivity contribution in [2.45, 2.75) is 46.0 Å². The second kappa shape index (κ2) is 4.44. The van der Waals surface area contributed by atoms with Crippen molar-refractivity contribution in [2.75, 3.05) is 0 Å². The lowest BCUT2D eigenvalue weighted by molar-refractivity contribution is -0.112. The first-order valence-electron chi connectivity index (χ1n) is 4.89. The third-order valence-corrected chi connectivity index (χ3v) is 2.68. The maximum Gasteiger partial charge on any atom is 0.152 e. The highest BCUT2D eigenvalue weighted by molar-refractivity contribution is 5.87. The molecule has 0 aromatic carbocycles. The Kier molecular flexibility index (Phi) is 3.51.